The summed E-state index contributed by atoms with van der Waals surface area (Å²) >= 11 is 4.75. The molecule has 112 valence electrons. The Balaban J connectivity index is 2.05. The number of unbranched alkanes of at least 4 members (excludes halogenated alkanes) is 1. The molecule has 0 amide bonds. The van der Waals surface area contributed by atoms with Gasteiger partial charge in [0.05, 0.1) is 11.3 Å². The van der Waals surface area contributed by atoms with Crippen molar-refractivity contribution in [3.05, 3.63) is 34.1 Å². The minimum absolute atomic E-state index is 0.255. The molecule has 0 radical (unpaired) electrons. The number of aromatic nitrogens is 4. The lowest BCUT2D eigenvalue weighted by atomic mass is 10.2. The number of hydrogen-bond donors (Lipinski definition) is 1. The topological polar surface area (TPSA) is 80.9 Å². The van der Waals surface area contributed by atoms with Gasteiger partial charge in [0.1, 0.15) is 0 Å². The van der Waals surface area contributed by atoms with Crippen molar-refractivity contribution in [1.29, 1.82) is 0 Å². The molecule has 0 saturated heterocycles. The van der Waals surface area contributed by atoms with Crippen molar-refractivity contribution in [2.45, 2.75) is 37.0 Å². The molecule has 6 nitrogen and oxygen atoms in total. The van der Waals surface area contributed by atoms with Gasteiger partial charge in [-0.1, -0.05) is 13.3 Å². The van der Waals surface area contributed by atoms with Crippen molar-refractivity contribution in [3.8, 4) is 0 Å². The molecule has 0 atom stereocenters. The lowest BCUT2D eigenvalue weighted by Gasteiger charge is -2.05. The minimum Gasteiger partial charge on any atom is -0.478 e. The zero-order valence-corrected chi connectivity index (χ0v) is 13.9. The van der Waals surface area contributed by atoms with Crippen LogP contribution in [0.4, 0.5) is 0 Å². The Morgan fingerprint density at radius 2 is 2.29 bits per heavy atom. The van der Waals surface area contributed by atoms with E-state index in [2.05, 4.69) is 38.4 Å². The van der Waals surface area contributed by atoms with Crippen molar-refractivity contribution >= 4 is 33.7 Å². The molecule has 1 heterocycles. The van der Waals surface area contributed by atoms with Crippen LogP contribution in [0, 0.1) is 0 Å². The van der Waals surface area contributed by atoms with Crippen molar-refractivity contribution < 1.29 is 9.90 Å². The summed E-state index contributed by atoms with van der Waals surface area (Å²) in [6.45, 7) is 2.92. The minimum atomic E-state index is -0.947. The molecule has 0 aliphatic heterocycles. The number of carboxylic acids is 1. The summed E-state index contributed by atoms with van der Waals surface area (Å²) in [6.07, 6.45) is 2.12. The number of aryl methyl sites for hydroxylation is 1. The first-order chi connectivity index (χ1) is 10.1. The number of thioether (sulfide) groups is 1. The number of nitrogens with zero attached hydrogens (tertiary/aromatic N) is 4. The second-order valence-electron chi connectivity index (χ2n) is 4.41. The fourth-order valence-corrected chi connectivity index (χ4v) is 3.00. The second kappa shape index (κ2) is 7.56. The van der Waals surface area contributed by atoms with Crippen LogP contribution < -0.4 is 0 Å². The van der Waals surface area contributed by atoms with E-state index in [1.54, 1.807) is 16.8 Å². The van der Waals surface area contributed by atoms with Crippen molar-refractivity contribution in [2.24, 2.45) is 0 Å². The van der Waals surface area contributed by atoms with Crippen LogP contribution in [0.5, 0.6) is 0 Å². The van der Waals surface area contributed by atoms with E-state index in [-0.39, 0.29) is 5.56 Å². The fourth-order valence-electron chi connectivity index (χ4n) is 1.71. The van der Waals surface area contributed by atoms with Gasteiger partial charge in [-0.3, -0.25) is 0 Å². The summed E-state index contributed by atoms with van der Waals surface area (Å²) in [4.78, 5) is 12.0. The maximum atomic E-state index is 11.1. The standard InChI is InChI=1S/C13H15BrN4O2S/c1-2-3-6-18-12(15-16-17-18)8-21-9-4-5-11(14)10(7-9)13(19)20/h4-5,7H,2-3,6,8H2,1H3,(H,19,20). The molecule has 2 rings (SSSR count). The number of benzene rings is 1. The zero-order valence-electron chi connectivity index (χ0n) is 11.5. The average molecular weight is 371 g/mol. The van der Waals surface area contributed by atoms with E-state index in [4.69, 9.17) is 5.11 Å². The summed E-state index contributed by atoms with van der Waals surface area (Å²) < 4.78 is 2.38. The smallest absolute Gasteiger partial charge is 0.336 e. The number of carboxylic acid groups (broad SMARTS) is 1. The van der Waals surface area contributed by atoms with Gasteiger partial charge < -0.3 is 5.11 Å². The number of aromatic carboxylic acids is 1. The molecule has 2 aromatic rings. The van der Waals surface area contributed by atoms with Crippen molar-refractivity contribution in [2.75, 3.05) is 0 Å². The monoisotopic (exact) mass is 370 g/mol. The largest absolute Gasteiger partial charge is 0.478 e. The molecule has 1 N–H and O–H groups in total. The first-order valence-corrected chi connectivity index (χ1v) is 8.30. The number of tetrazole rings is 1. The molecular weight excluding hydrogens is 356 g/mol. The van der Waals surface area contributed by atoms with Gasteiger partial charge in [-0.25, -0.2) is 9.48 Å². The summed E-state index contributed by atoms with van der Waals surface area (Å²) in [7, 11) is 0. The Morgan fingerprint density at radius 3 is 3.00 bits per heavy atom. The molecule has 0 unspecified atom stereocenters. The van der Waals surface area contributed by atoms with E-state index < -0.39 is 5.97 Å². The number of rotatable bonds is 7. The van der Waals surface area contributed by atoms with Crippen LogP contribution in [0.3, 0.4) is 0 Å². The number of hydrogen-bond acceptors (Lipinski definition) is 5. The van der Waals surface area contributed by atoms with Crippen molar-refractivity contribution in [3.63, 3.8) is 0 Å². The Hall–Kier alpha value is -1.41. The second-order valence-corrected chi connectivity index (χ2v) is 6.31. The maximum Gasteiger partial charge on any atom is 0.336 e. The van der Waals surface area contributed by atoms with E-state index in [0.29, 0.717) is 10.2 Å². The molecule has 0 saturated carbocycles. The molecule has 0 aliphatic carbocycles. The molecule has 0 spiro atoms. The highest BCUT2D eigenvalue weighted by molar-refractivity contribution is 9.10. The summed E-state index contributed by atoms with van der Waals surface area (Å²) in [5.74, 6) is 0.461. The van der Waals surface area contributed by atoms with Gasteiger partial charge in [-0.2, -0.15) is 0 Å². The highest BCUT2D eigenvalue weighted by Gasteiger charge is 2.11. The molecule has 0 fully saturated rings. The van der Waals surface area contributed by atoms with Gasteiger partial charge in [0.15, 0.2) is 5.82 Å². The lowest BCUT2D eigenvalue weighted by Crippen LogP contribution is -2.05. The van der Waals surface area contributed by atoms with Gasteiger partial charge >= 0.3 is 5.97 Å². The third-order valence-corrected chi connectivity index (χ3v) is 4.55. The van der Waals surface area contributed by atoms with E-state index in [9.17, 15) is 4.79 Å². The molecule has 1 aromatic heterocycles. The Labute approximate surface area is 135 Å². The van der Waals surface area contributed by atoms with Crippen LogP contribution >= 0.6 is 27.7 Å². The Morgan fingerprint density at radius 1 is 1.48 bits per heavy atom. The van der Waals surface area contributed by atoms with Crippen LogP contribution in [-0.2, 0) is 12.3 Å². The summed E-state index contributed by atoms with van der Waals surface area (Å²) in [5.41, 5.74) is 0.255. The van der Waals surface area contributed by atoms with Crippen LogP contribution in [-0.4, -0.2) is 31.3 Å². The molecular formula is C13H15BrN4O2S. The van der Waals surface area contributed by atoms with E-state index >= 15 is 0 Å². The normalized spacial score (nSPS) is 10.8. The average Bonchev–Trinajstić information content (AvgIpc) is 2.91. The first kappa shape index (κ1) is 16.0. The highest BCUT2D eigenvalue weighted by Crippen LogP contribution is 2.27. The first-order valence-electron chi connectivity index (χ1n) is 6.52. The maximum absolute atomic E-state index is 11.1. The molecule has 0 aliphatic rings. The van der Waals surface area contributed by atoms with Crippen LogP contribution in [0.1, 0.15) is 35.9 Å². The van der Waals surface area contributed by atoms with Gasteiger partial charge in [-0.15, -0.1) is 16.9 Å². The third-order valence-electron chi connectivity index (χ3n) is 2.87. The van der Waals surface area contributed by atoms with Gasteiger partial charge in [0.2, 0.25) is 0 Å². The molecule has 21 heavy (non-hydrogen) atoms. The predicted molar refractivity (Wildman–Crippen MR) is 83.4 cm³/mol. The fraction of sp³-hybridized carbons (Fsp3) is 0.385. The van der Waals surface area contributed by atoms with E-state index in [1.807, 2.05) is 6.07 Å². The Bertz CT molecular complexity index is 632. The third kappa shape index (κ3) is 4.28. The highest BCUT2D eigenvalue weighted by atomic mass is 79.9. The predicted octanol–water partition coefficient (Wildman–Crippen LogP) is 3.23. The van der Waals surface area contributed by atoms with E-state index in [0.717, 1.165) is 30.1 Å². The summed E-state index contributed by atoms with van der Waals surface area (Å²) in [5, 5.41) is 20.8. The van der Waals surface area contributed by atoms with Crippen LogP contribution in [0.25, 0.3) is 0 Å². The quantitative estimate of drug-likeness (QED) is 0.753. The zero-order chi connectivity index (χ0) is 15.2. The van der Waals surface area contributed by atoms with Crippen LogP contribution in [0.2, 0.25) is 0 Å². The summed E-state index contributed by atoms with van der Waals surface area (Å²) in [6, 6.07) is 5.27. The SMILES string of the molecule is CCCCn1nnnc1CSc1ccc(Br)c(C(=O)O)c1. The van der Waals surface area contributed by atoms with Gasteiger partial charge in [0, 0.05) is 15.9 Å². The Kier molecular flexibility index (Phi) is 5.75. The molecule has 0 bridgehead atoms. The number of carbonyl (C=O) groups is 1. The van der Waals surface area contributed by atoms with E-state index in [1.165, 1.54) is 11.8 Å². The number of halogens is 1. The lowest BCUT2D eigenvalue weighted by molar-refractivity contribution is 0.0695. The van der Waals surface area contributed by atoms with Crippen molar-refractivity contribution in [1.82, 2.24) is 20.2 Å². The van der Waals surface area contributed by atoms with Gasteiger partial charge in [0.25, 0.3) is 0 Å². The van der Waals surface area contributed by atoms with Crippen LogP contribution in [0.15, 0.2) is 27.6 Å². The van der Waals surface area contributed by atoms with Gasteiger partial charge in [-0.05, 0) is 51.0 Å². The molecule has 1 aromatic carbocycles. The molecule has 8 heteroatoms.